The minimum Gasteiger partial charge on any atom is -0.479 e. The fourth-order valence-corrected chi connectivity index (χ4v) is 0.0873. The van der Waals surface area contributed by atoms with Crippen molar-refractivity contribution in [3.63, 3.8) is 0 Å². The molecule has 0 spiro atoms. The van der Waals surface area contributed by atoms with E-state index in [9.17, 15) is 4.79 Å². The van der Waals surface area contributed by atoms with Gasteiger partial charge in [-0.05, 0) is 0 Å². The molecular weight excluding hydrogens is 150 g/mol. The molecule has 0 aromatic heterocycles. The average molecular weight is 156 g/mol. The molecule has 0 aromatic rings. The van der Waals surface area contributed by atoms with E-state index in [0.717, 1.165) is 0 Å². The van der Waals surface area contributed by atoms with Gasteiger partial charge in [0.05, 0.1) is 0 Å². The first kappa shape index (κ1) is 8.07. The van der Waals surface area contributed by atoms with E-state index >= 15 is 0 Å². The van der Waals surface area contributed by atoms with E-state index < -0.39 is 10.2 Å². The predicted octanol–water partition coefficient (Wildman–Crippen LogP) is -0.105. The van der Waals surface area contributed by atoms with Gasteiger partial charge in [0.1, 0.15) is 0 Å². The number of carboxylic acid groups (broad SMARTS) is 1. The normalized spacial score (nSPS) is 17.4. The van der Waals surface area contributed by atoms with Crippen molar-refractivity contribution in [3.05, 3.63) is 0 Å². The third-order valence-corrected chi connectivity index (χ3v) is 1.29. The fourth-order valence-electron chi connectivity index (χ4n) is 0.0873. The quantitative estimate of drug-likeness (QED) is 0.385. The summed E-state index contributed by atoms with van der Waals surface area (Å²) in [6.07, 6.45) is 0. The highest BCUT2D eigenvalue weighted by Crippen LogP contribution is 2.17. The summed E-state index contributed by atoms with van der Waals surface area (Å²) in [5.41, 5.74) is 4.92. The zero-order chi connectivity index (χ0) is 6.78. The summed E-state index contributed by atoms with van der Waals surface area (Å²) in [6, 6.07) is 0. The Labute approximate surface area is 57.2 Å². The molecular formula is C3H6ClNO2S. The maximum atomic E-state index is 9.96. The Morgan fingerprint density at radius 2 is 2.38 bits per heavy atom. The number of carboxylic acids is 1. The number of rotatable bonds is 2. The summed E-state index contributed by atoms with van der Waals surface area (Å²) < 4.78 is -1.60. The van der Waals surface area contributed by atoms with E-state index in [1.54, 1.807) is 0 Å². The van der Waals surface area contributed by atoms with Gasteiger partial charge in [-0.1, -0.05) is 11.6 Å². The molecule has 5 heteroatoms. The highest BCUT2D eigenvalue weighted by molar-refractivity contribution is 7.84. The molecule has 1 unspecified atom stereocenters. The molecule has 1 atom stereocenters. The number of aliphatic carboxylic acids is 1. The molecule has 0 radical (unpaired) electrons. The average Bonchev–Trinajstić information content (AvgIpc) is 1.67. The van der Waals surface area contributed by atoms with Crippen LogP contribution >= 0.6 is 24.2 Å². The highest BCUT2D eigenvalue weighted by atomic mass is 35.5. The Balaban J connectivity index is 3.91. The van der Waals surface area contributed by atoms with Gasteiger partial charge in [-0.25, -0.2) is 4.79 Å². The van der Waals surface area contributed by atoms with Crippen LogP contribution in [0, 0.1) is 0 Å². The minimum atomic E-state index is -1.60. The van der Waals surface area contributed by atoms with Crippen LogP contribution in [0.3, 0.4) is 0 Å². The first-order chi connectivity index (χ1) is 3.50. The van der Waals surface area contributed by atoms with Crippen LogP contribution in [-0.2, 0) is 4.79 Å². The van der Waals surface area contributed by atoms with Gasteiger partial charge in [-0.2, -0.15) is 0 Å². The van der Waals surface area contributed by atoms with Crippen molar-refractivity contribution in [2.75, 3.05) is 6.54 Å². The van der Waals surface area contributed by atoms with E-state index in [1.165, 1.54) is 0 Å². The maximum absolute atomic E-state index is 9.96. The van der Waals surface area contributed by atoms with Gasteiger partial charge < -0.3 is 10.8 Å². The van der Waals surface area contributed by atoms with Crippen LogP contribution in [0.1, 0.15) is 0 Å². The Hall–Kier alpha value is 0.0700. The number of hydrogen-bond acceptors (Lipinski definition) is 3. The third-order valence-electron chi connectivity index (χ3n) is 0.598. The van der Waals surface area contributed by atoms with Gasteiger partial charge in [-0.15, -0.1) is 12.6 Å². The summed E-state index contributed by atoms with van der Waals surface area (Å²) >= 11 is 8.72. The van der Waals surface area contributed by atoms with E-state index in [4.69, 9.17) is 22.4 Å². The van der Waals surface area contributed by atoms with Crippen molar-refractivity contribution in [2.45, 2.75) is 4.21 Å². The largest absolute Gasteiger partial charge is 0.479 e. The number of halogens is 1. The highest BCUT2D eigenvalue weighted by Gasteiger charge is 2.29. The van der Waals surface area contributed by atoms with Crippen LogP contribution in [0.25, 0.3) is 0 Å². The Kier molecular flexibility index (Phi) is 2.59. The summed E-state index contributed by atoms with van der Waals surface area (Å²) in [6.45, 7) is -0.188. The topological polar surface area (TPSA) is 63.3 Å². The van der Waals surface area contributed by atoms with Crippen molar-refractivity contribution in [1.29, 1.82) is 0 Å². The molecule has 0 aliphatic carbocycles. The van der Waals surface area contributed by atoms with E-state index in [2.05, 4.69) is 12.6 Å². The number of alkyl halides is 1. The Bertz CT molecular complexity index is 105. The molecule has 0 heterocycles. The molecule has 0 aliphatic heterocycles. The van der Waals surface area contributed by atoms with Gasteiger partial charge in [0.25, 0.3) is 0 Å². The van der Waals surface area contributed by atoms with Gasteiger partial charge in [0.15, 0.2) is 4.21 Å². The standard InChI is InChI=1S/C3H6ClNO2S/c4-3(8,1-5)2(6)7/h8H,1,5H2,(H,6,7). The van der Waals surface area contributed by atoms with Crippen LogP contribution < -0.4 is 5.73 Å². The first-order valence-electron chi connectivity index (χ1n) is 1.85. The molecule has 8 heavy (non-hydrogen) atoms. The molecule has 0 aliphatic rings. The van der Waals surface area contributed by atoms with Crippen molar-refractivity contribution in [2.24, 2.45) is 5.73 Å². The molecule has 0 saturated heterocycles. The number of carbonyl (C=O) groups is 1. The SMILES string of the molecule is NCC(S)(Cl)C(=O)O. The lowest BCUT2D eigenvalue weighted by Crippen LogP contribution is -2.34. The van der Waals surface area contributed by atoms with Gasteiger partial charge in [0, 0.05) is 6.54 Å². The van der Waals surface area contributed by atoms with Crippen molar-refractivity contribution in [3.8, 4) is 0 Å². The molecule has 0 fully saturated rings. The number of thiol groups is 1. The smallest absolute Gasteiger partial charge is 0.336 e. The van der Waals surface area contributed by atoms with Gasteiger partial charge in [0.2, 0.25) is 0 Å². The Morgan fingerprint density at radius 1 is 2.00 bits per heavy atom. The molecule has 3 N–H and O–H groups in total. The second kappa shape index (κ2) is 2.57. The van der Waals surface area contributed by atoms with Crippen LogP contribution in [0.15, 0.2) is 0 Å². The number of nitrogens with two attached hydrogens (primary N) is 1. The van der Waals surface area contributed by atoms with Crippen molar-refractivity contribution in [1.82, 2.24) is 0 Å². The van der Waals surface area contributed by atoms with Gasteiger partial charge in [-0.3, -0.25) is 0 Å². The second-order valence-corrected chi connectivity index (χ2v) is 2.94. The molecule has 0 bridgehead atoms. The van der Waals surface area contributed by atoms with E-state index in [-0.39, 0.29) is 6.54 Å². The van der Waals surface area contributed by atoms with Crippen LogP contribution in [0.5, 0.6) is 0 Å². The molecule has 0 amide bonds. The lowest BCUT2D eigenvalue weighted by molar-refractivity contribution is -0.137. The zero-order valence-electron chi connectivity index (χ0n) is 3.97. The summed E-state index contributed by atoms with van der Waals surface area (Å²) in [5, 5.41) is 8.15. The molecule has 0 rings (SSSR count). The zero-order valence-corrected chi connectivity index (χ0v) is 5.62. The fraction of sp³-hybridized carbons (Fsp3) is 0.667. The van der Waals surface area contributed by atoms with Crippen LogP contribution in [0.4, 0.5) is 0 Å². The summed E-state index contributed by atoms with van der Waals surface area (Å²) in [7, 11) is 0. The van der Waals surface area contributed by atoms with E-state index in [0.29, 0.717) is 0 Å². The first-order valence-corrected chi connectivity index (χ1v) is 2.68. The third kappa shape index (κ3) is 1.90. The van der Waals surface area contributed by atoms with Crippen molar-refractivity contribution < 1.29 is 9.90 Å². The molecule has 0 aromatic carbocycles. The maximum Gasteiger partial charge on any atom is 0.336 e. The molecule has 0 saturated carbocycles. The number of hydrogen-bond donors (Lipinski definition) is 3. The summed E-state index contributed by atoms with van der Waals surface area (Å²) in [4.78, 5) is 9.96. The Morgan fingerprint density at radius 3 is 2.38 bits per heavy atom. The minimum absolute atomic E-state index is 0.188. The molecule has 48 valence electrons. The van der Waals surface area contributed by atoms with Crippen molar-refractivity contribution >= 4 is 30.2 Å². The monoisotopic (exact) mass is 155 g/mol. The summed E-state index contributed by atoms with van der Waals surface area (Å²) in [5.74, 6) is -1.22. The van der Waals surface area contributed by atoms with Gasteiger partial charge >= 0.3 is 5.97 Å². The van der Waals surface area contributed by atoms with E-state index in [1.807, 2.05) is 0 Å². The lowest BCUT2D eigenvalue weighted by Gasteiger charge is -2.10. The predicted molar refractivity (Wildman–Crippen MR) is 34.3 cm³/mol. The van der Waals surface area contributed by atoms with Crippen LogP contribution in [0.2, 0.25) is 0 Å². The second-order valence-electron chi connectivity index (χ2n) is 1.27. The molecule has 3 nitrogen and oxygen atoms in total. The van der Waals surface area contributed by atoms with Crippen LogP contribution in [-0.4, -0.2) is 21.8 Å². The lowest BCUT2D eigenvalue weighted by atomic mass is 10.4.